The van der Waals surface area contributed by atoms with Gasteiger partial charge in [-0.1, -0.05) is 17.3 Å². The van der Waals surface area contributed by atoms with Crippen molar-refractivity contribution in [2.75, 3.05) is 26.2 Å². The Morgan fingerprint density at radius 3 is 2.44 bits per heavy atom. The zero-order valence-electron chi connectivity index (χ0n) is 14.7. The minimum absolute atomic E-state index is 0.836. The van der Waals surface area contributed by atoms with Crippen molar-refractivity contribution in [1.29, 1.82) is 0 Å². The Morgan fingerprint density at radius 1 is 1.08 bits per heavy atom. The van der Waals surface area contributed by atoms with Gasteiger partial charge in [0.15, 0.2) is 10.5 Å². The van der Waals surface area contributed by atoms with Crippen molar-refractivity contribution in [2.45, 2.75) is 20.1 Å². The number of fused-ring (bicyclic) bond motifs is 1. The second-order valence-electron chi connectivity index (χ2n) is 6.73. The number of para-hydroxylation sites is 2. The summed E-state index contributed by atoms with van der Waals surface area (Å²) in [6.45, 7) is 7.74. The van der Waals surface area contributed by atoms with E-state index in [4.69, 9.17) is 16.7 Å². The minimum atomic E-state index is 0.836. The highest BCUT2D eigenvalue weighted by molar-refractivity contribution is 7.71. The molecule has 1 saturated heterocycles. The molecule has 0 N–H and O–H groups in total. The quantitative estimate of drug-likeness (QED) is 0.672. The SMILES string of the molecule is Cc1cc(CN2CCN(Cn3c(=S)n(C)c4ccccc43)CC2)on1. The fourth-order valence-electron chi connectivity index (χ4n) is 3.50. The Hall–Kier alpha value is -1.96. The molecule has 0 atom stereocenters. The molecular weight excluding hydrogens is 334 g/mol. The first-order valence-electron chi connectivity index (χ1n) is 8.63. The zero-order valence-corrected chi connectivity index (χ0v) is 15.5. The summed E-state index contributed by atoms with van der Waals surface area (Å²) >= 11 is 5.64. The molecule has 7 heteroatoms. The number of aromatic nitrogens is 3. The van der Waals surface area contributed by atoms with Crippen molar-refractivity contribution in [3.8, 4) is 0 Å². The average molecular weight is 357 g/mol. The highest BCUT2D eigenvalue weighted by atomic mass is 32.1. The van der Waals surface area contributed by atoms with Gasteiger partial charge in [-0.25, -0.2) is 0 Å². The molecule has 0 radical (unpaired) electrons. The van der Waals surface area contributed by atoms with Gasteiger partial charge in [0.2, 0.25) is 0 Å². The van der Waals surface area contributed by atoms with Crippen LogP contribution in [0.1, 0.15) is 11.5 Å². The van der Waals surface area contributed by atoms with E-state index in [0.717, 1.165) is 55.6 Å². The lowest BCUT2D eigenvalue weighted by Gasteiger charge is -2.34. The minimum Gasteiger partial charge on any atom is -0.360 e. The molecule has 1 fully saturated rings. The largest absolute Gasteiger partial charge is 0.360 e. The van der Waals surface area contributed by atoms with Gasteiger partial charge in [-0.15, -0.1) is 0 Å². The Balaban J connectivity index is 1.42. The van der Waals surface area contributed by atoms with Crippen molar-refractivity contribution < 1.29 is 4.52 Å². The molecule has 0 amide bonds. The standard InChI is InChI=1S/C18H23N5OS/c1-14-11-15(24-19-14)12-21-7-9-22(10-8-21)13-23-17-6-4-3-5-16(17)20(2)18(23)25/h3-6,11H,7-10,12-13H2,1-2H3. The molecule has 0 bridgehead atoms. The second-order valence-corrected chi connectivity index (χ2v) is 7.09. The summed E-state index contributed by atoms with van der Waals surface area (Å²) in [7, 11) is 2.04. The number of nitrogens with zero attached hydrogens (tertiary/aromatic N) is 5. The number of hydrogen-bond acceptors (Lipinski definition) is 5. The van der Waals surface area contributed by atoms with Crippen LogP contribution in [-0.4, -0.2) is 50.3 Å². The third-order valence-corrected chi connectivity index (χ3v) is 5.41. The van der Waals surface area contributed by atoms with Crippen molar-refractivity contribution in [3.05, 3.63) is 46.6 Å². The summed E-state index contributed by atoms with van der Waals surface area (Å²) in [6, 6.07) is 10.4. The molecule has 6 nitrogen and oxygen atoms in total. The maximum atomic E-state index is 5.64. The molecule has 1 aromatic carbocycles. The van der Waals surface area contributed by atoms with E-state index in [1.807, 2.05) is 20.0 Å². The monoisotopic (exact) mass is 357 g/mol. The van der Waals surface area contributed by atoms with E-state index in [1.54, 1.807) is 0 Å². The van der Waals surface area contributed by atoms with Crippen LogP contribution in [0.25, 0.3) is 11.0 Å². The van der Waals surface area contributed by atoms with Crippen molar-refractivity contribution >= 4 is 23.3 Å². The molecule has 2 aromatic heterocycles. The van der Waals surface area contributed by atoms with Gasteiger partial charge in [-0.2, -0.15) is 0 Å². The van der Waals surface area contributed by atoms with Crippen molar-refractivity contribution in [1.82, 2.24) is 24.1 Å². The van der Waals surface area contributed by atoms with Gasteiger partial charge >= 0.3 is 0 Å². The van der Waals surface area contributed by atoms with E-state index in [9.17, 15) is 0 Å². The second kappa shape index (κ2) is 6.74. The number of rotatable bonds is 4. The summed E-state index contributed by atoms with van der Waals surface area (Å²) in [5.41, 5.74) is 3.33. The first kappa shape index (κ1) is 16.5. The summed E-state index contributed by atoms with van der Waals surface area (Å²) in [5, 5.41) is 3.96. The number of aryl methyl sites for hydroxylation is 2. The lowest BCUT2D eigenvalue weighted by Crippen LogP contribution is -2.46. The lowest BCUT2D eigenvalue weighted by atomic mass is 10.3. The van der Waals surface area contributed by atoms with Crippen LogP contribution < -0.4 is 0 Å². The lowest BCUT2D eigenvalue weighted by molar-refractivity contribution is 0.0970. The first-order valence-corrected chi connectivity index (χ1v) is 9.04. The highest BCUT2D eigenvalue weighted by Gasteiger charge is 2.19. The molecule has 1 aliphatic heterocycles. The van der Waals surface area contributed by atoms with Gasteiger partial charge in [-0.3, -0.25) is 9.80 Å². The molecule has 0 saturated carbocycles. The maximum Gasteiger partial charge on any atom is 0.181 e. The van der Waals surface area contributed by atoms with Gasteiger partial charge in [0.05, 0.1) is 29.9 Å². The van der Waals surface area contributed by atoms with E-state index < -0.39 is 0 Å². The Bertz CT molecular complexity index is 932. The van der Waals surface area contributed by atoms with E-state index in [-0.39, 0.29) is 0 Å². The number of benzene rings is 1. The fourth-order valence-corrected chi connectivity index (χ4v) is 3.75. The zero-order chi connectivity index (χ0) is 17.4. The van der Waals surface area contributed by atoms with Gasteiger partial charge in [0.1, 0.15) is 0 Å². The topological polar surface area (TPSA) is 42.4 Å². The third kappa shape index (κ3) is 3.27. The first-order chi connectivity index (χ1) is 12.1. The van der Waals surface area contributed by atoms with Crippen LogP contribution in [-0.2, 0) is 20.3 Å². The third-order valence-electron chi connectivity index (χ3n) is 4.91. The average Bonchev–Trinajstić information content (AvgIpc) is 3.14. The molecule has 25 heavy (non-hydrogen) atoms. The van der Waals surface area contributed by atoms with E-state index >= 15 is 0 Å². The van der Waals surface area contributed by atoms with E-state index in [1.165, 1.54) is 11.0 Å². The van der Waals surface area contributed by atoms with E-state index in [2.05, 4.69) is 48.4 Å². The maximum absolute atomic E-state index is 5.64. The predicted molar refractivity (Wildman–Crippen MR) is 99.8 cm³/mol. The Kier molecular flexibility index (Phi) is 4.45. The van der Waals surface area contributed by atoms with Crippen LogP contribution in [0.5, 0.6) is 0 Å². The molecule has 3 aromatic rings. The smallest absolute Gasteiger partial charge is 0.181 e. The number of imidazole rings is 1. The highest BCUT2D eigenvalue weighted by Crippen LogP contribution is 2.18. The molecule has 0 spiro atoms. The summed E-state index contributed by atoms with van der Waals surface area (Å²) in [6.07, 6.45) is 0. The molecule has 4 rings (SSSR count). The van der Waals surface area contributed by atoms with Crippen LogP contribution in [0.2, 0.25) is 0 Å². The Morgan fingerprint density at radius 2 is 1.76 bits per heavy atom. The normalized spacial score (nSPS) is 16.7. The molecular formula is C18H23N5OS. The molecule has 3 heterocycles. The van der Waals surface area contributed by atoms with Crippen LogP contribution in [0.3, 0.4) is 0 Å². The summed E-state index contributed by atoms with van der Waals surface area (Å²) < 4.78 is 10.5. The van der Waals surface area contributed by atoms with Gasteiger partial charge in [0.25, 0.3) is 0 Å². The van der Waals surface area contributed by atoms with Gasteiger partial charge in [0, 0.05) is 39.3 Å². The fraction of sp³-hybridized carbons (Fsp3) is 0.444. The van der Waals surface area contributed by atoms with Crippen LogP contribution >= 0.6 is 12.2 Å². The van der Waals surface area contributed by atoms with Crippen molar-refractivity contribution in [3.63, 3.8) is 0 Å². The van der Waals surface area contributed by atoms with Crippen molar-refractivity contribution in [2.24, 2.45) is 7.05 Å². The number of piperazine rings is 1. The molecule has 0 unspecified atom stereocenters. The van der Waals surface area contributed by atoms with Gasteiger partial charge < -0.3 is 13.7 Å². The molecule has 0 aliphatic carbocycles. The Labute approximate surface area is 152 Å². The van der Waals surface area contributed by atoms with Crippen LogP contribution in [0.4, 0.5) is 0 Å². The summed E-state index contributed by atoms with van der Waals surface area (Å²) in [4.78, 5) is 4.88. The van der Waals surface area contributed by atoms with Crippen LogP contribution in [0, 0.1) is 11.7 Å². The molecule has 1 aliphatic rings. The summed E-state index contributed by atoms with van der Waals surface area (Å²) in [5.74, 6) is 0.947. The predicted octanol–water partition coefficient (Wildman–Crippen LogP) is 2.78. The van der Waals surface area contributed by atoms with E-state index in [0.29, 0.717) is 0 Å². The van der Waals surface area contributed by atoms with Gasteiger partial charge in [-0.05, 0) is 31.3 Å². The number of hydrogen-bond donors (Lipinski definition) is 0. The molecule has 132 valence electrons. The van der Waals surface area contributed by atoms with Crippen LogP contribution in [0.15, 0.2) is 34.9 Å².